The van der Waals surface area contributed by atoms with Gasteiger partial charge in [0.15, 0.2) is 0 Å². The maximum Gasteiger partial charge on any atom is 0.449 e. The highest BCUT2D eigenvalue weighted by molar-refractivity contribution is 6.01. The Kier molecular flexibility index (Phi) is 2.94. The number of hydrogen-bond donors (Lipinski definition) is 2. The van der Waals surface area contributed by atoms with E-state index in [1.807, 2.05) is 0 Å². The van der Waals surface area contributed by atoms with Crippen LogP contribution < -0.4 is 0 Å². The molecule has 0 unspecified atom stereocenters. The molecule has 1 saturated carbocycles. The lowest BCUT2D eigenvalue weighted by atomic mass is 9.89. The fourth-order valence-electron chi connectivity index (χ4n) is 2.65. The number of halogens is 3. The van der Waals surface area contributed by atoms with Gasteiger partial charge in [-0.15, -0.1) is 0 Å². The molecule has 0 spiro atoms. The molecular formula is C13H11F3N2O3. The zero-order valence-electron chi connectivity index (χ0n) is 10.6. The third kappa shape index (κ3) is 2.15. The van der Waals surface area contributed by atoms with Crippen molar-refractivity contribution >= 4 is 17.0 Å². The van der Waals surface area contributed by atoms with Gasteiger partial charge in [0.1, 0.15) is 0 Å². The number of para-hydroxylation sites is 1. The number of imidazole rings is 1. The van der Waals surface area contributed by atoms with E-state index in [9.17, 15) is 28.2 Å². The molecule has 1 fully saturated rings. The summed E-state index contributed by atoms with van der Waals surface area (Å²) >= 11 is 0. The van der Waals surface area contributed by atoms with Crippen molar-refractivity contribution in [2.75, 3.05) is 0 Å². The first kappa shape index (κ1) is 13.9. The van der Waals surface area contributed by atoms with E-state index in [1.165, 1.54) is 18.2 Å². The molecule has 5 nitrogen and oxygen atoms in total. The summed E-state index contributed by atoms with van der Waals surface area (Å²) in [5, 5.41) is 18.5. The second kappa shape index (κ2) is 4.45. The van der Waals surface area contributed by atoms with Crippen molar-refractivity contribution in [3.8, 4) is 0 Å². The first-order valence-corrected chi connectivity index (χ1v) is 6.28. The van der Waals surface area contributed by atoms with Crippen LogP contribution in [0.3, 0.4) is 0 Å². The van der Waals surface area contributed by atoms with Gasteiger partial charge in [-0.05, 0) is 25.0 Å². The molecule has 1 heterocycles. The second-order valence-electron chi connectivity index (χ2n) is 5.06. The fraction of sp³-hybridized carbons (Fsp3) is 0.385. The zero-order chi connectivity index (χ0) is 15.4. The van der Waals surface area contributed by atoms with Crippen molar-refractivity contribution in [2.45, 2.75) is 31.2 Å². The number of aromatic nitrogens is 2. The number of aliphatic hydroxyl groups excluding tert-OH is 1. The first-order chi connectivity index (χ1) is 9.79. The lowest BCUT2D eigenvalue weighted by Gasteiger charge is -2.34. The Labute approximate surface area is 116 Å². The van der Waals surface area contributed by atoms with Crippen LogP contribution in [0.15, 0.2) is 18.2 Å². The minimum absolute atomic E-state index is 0.0105. The van der Waals surface area contributed by atoms with Crippen molar-refractivity contribution in [1.82, 2.24) is 9.55 Å². The minimum atomic E-state index is -4.69. The third-order valence-corrected chi connectivity index (χ3v) is 3.65. The number of carboxylic acids is 1. The number of carboxylic acid groups (broad SMARTS) is 1. The number of carbonyl (C=O) groups is 1. The number of rotatable bonds is 2. The highest BCUT2D eigenvalue weighted by atomic mass is 19.4. The van der Waals surface area contributed by atoms with Crippen LogP contribution in [0.5, 0.6) is 0 Å². The summed E-state index contributed by atoms with van der Waals surface area (Å²) < 4.78 is 40.3. The molecule has 1 aromatic heterocycles. The topological polar surface area (TPSA) is 75.3 Å². The lowest BCUT2D eigenvalue weighted by molar-refractivity contribution is -0.149. The van der Waals surface area contributed by atoms with E-state index in [0.717, 1.165) is 4.57 Å². The number of nitrogens with zero attached hydrogens (tertiary/aromatic N) is 2. The Morgan fingerprint density at radius 1 is 1.33 bits per heavy atom. The normalized spacial score (nSPS) is 22.3. The predicted molar refractivity (Wildman–Crippen MR) is 66.0 cm³/mol. The van der Waals surface area contributed by atoms with Crippen LogP contribution >= 0.6 is 0 Å². The molecule has 2 aromatic rings. The predicted octanol–water partition coefficient (Wildman–Crippen LogP) is 2.45. The molecule has 2 N–H and O–H groups in total. The van der Waals surface area contributed by atoms with Crippen LogP contribution in [0.25, 0.3) is 11.0 Å². The van der Waals surface area contributed by atoms with E-state index in [0.29, 0.717) is 0 Å². The number of fused-ring (bicyclic) bond motifs is 1. The van der Waals surface area contributed by atoms with Crippen LogP contribution in [0.2, 0.25) is 0 Å². The van der Waals surface area contributed by atoms with Crippen LogP contribution in [0.4, 0.5) is 13.2 Å². The van der Waals surface area contributed by atoms with Gasteiger partial charge >= 0.3 is 12.1 Å². The molecule has 0 radical (unpaired) electrons. The van der Waals surface area contributed by atoms with Crippen molar-refractivity contribution in [1.29, 1.82) is 0 Å². The summed E-state index contributed by atoms with van der Waals surface area (Å²) in [6.07, 6.45) is -5.04. The Morgan fingerprint density at radius 3 is 2.52 bits per heavy atom. The molecule has 1 aromatic carbocycles. The van der Waals surface area contributed by atoms with E-state index in [1.54, 1.807) is 0 Å². The van der Waals surface area contributed by atoms with Crippen LogP contribution in [0.1, 0.15) is 35.1 Å². The van der Waals surface area contributed by atoms with Crippen molar-refractivity contribution in [3.05, 3.63) is 29.6 Å². The van der Waals surface area contributed by atoms with E-state index in [4.69, 9.17) is 0 Å². The molecule has 3 rings (SSSR count). The summed E-state index contributed by atoms with van der Waals surface area (Å²) in [5.41, 5.74) is -0.283. The van der Waals surface area contributed by atoms with E-state index < -0.39 is 30.1 Å². The van der Waals surface area contributed by atoms with Gasteiger partial charge in [0, 0.05) is 6.04 Å². The molecule has 0 bridgehead atoms. The number of aromatic carboxylic acids is 1. The molecular weight excluding hydrogens is 289 g/mol. The van der Waals surface area contributed by atoms with Crippen molar-refractivity contribution in [2.24, 2.45) is 0 Å². The van der Waals surface area contributed by atoms with E-state index in [-0.39, 0.29) is 29.4 Å². The SMILES string of the molecule is O=C(O)c1cccc2nc(C(F)(F)F)n(C3CC(O)C3)c12. The molecule has 0 atom stereocenters. The van der Waals surface area contributed by atoms with Gasteiger partial charge in [-0.25, -0.2) is 9.78 Å². The van der Waals surface area contributed by atoms with Gasteiger partial charge < -0.3 is 14.8 Å². The fourth-order valence-corrected chi connectivity index (χ4v) is 2.65. The molecule has 0 amide bonds. The Balaban J connectivity index is 2.30. The maximum absolute atomic E-state index is 13.1. The summed E-state index contributed by atoms with van der Waals surface area (Å²) in [6.45, 7) is 0. The lowest BCUT2D eigenvalue weighted by Crippen LogP contribution is -2.33. The van der Waals surface area contributed by atoms with Gasteiger partial charge in [0.2, 0.25) is 5.82 Å². The smallest absolute Gasteiger partial charge is 0.449 e. The van der Waals surface area contributed by atoms with E-state index in [2.05, 4.69) is 4.98 Å². The zero-order valence-corrected chi connectivity index (χ0v) is 10.6. The van der Waals surface area contributed by atoms with E-state index >= 15 is 0 Å². The molecule has 0 aliphatic heterocycles. The van der Waals surface area contributed by atoms with Crippen LogP contribution in [-0.2, 0) is 6.18 Å². The summed E-state index contributed by atoms with van der Waals surface area (Å²) in [7, 11) is 0. The summed E-state index contributed by atoms with van der Waals surface area (Å²) in [4.78, 5) is 14.8. The monoisotopic (exact) mass is 300 g/mol. The van der Waals surface area contributed by atoms with Crippen LogP contribution in [-0.4, -0.2) is 31.8 Å². The average molecular weight is 300 g/mol. The highest BCUT2D eigenvalue weighted by Crippen LogP contribution is 2.41. The highest BCUT2D eigenvalue weighted by Gasteiger charge is 2.42. The standard InChI is InChI=1S/C13H11F3N2O3/c14-13(15,16)12-17-9-3-1-2-8(11(20)21)10(9)18(12)6-4-7(19)5-6/h1-3,6-7,19H,4-5H2,(H,20,21). The molecule has 1 aliphatic rings. The Hall–Kier alpha value is -2.09. The van der Waals surface area contributed by atoms with Gasteiger partial charge in [-0.2, -0.15) is 13.2 Å². The number of alkyl halides is 3. The number of benzene rings is 1. The second-order valence-corrected chi connectivity index (χ2v) is 5.06. The Morgan fingerprint density at radius 2 is 2.00 bits per heavy atom. The van der Waals surface area contributed by atoms with Crippen molar-refractivity contribution < 1.29 is 28.2 Å². The first-order valence-electron chi connectivity index (χ1n) is 6.28. The molecule has 1 aliphatic carbocycles. The molecule has 8 heteroatoms. The average Bonchev–Trinajstić information content (AvgIpc) is 2.73. The van der Waals surface area contributed by atoms with Crippen molar-refractivity contribution in [3.63, 3.8) is 0 Å². The molecule has 112 valence electrons. The summed E-state index contributed by atoms with van der Waals surface area (Å²) in [5.74, 6) is -2.43. The maximum atomic E-state index is 13.1. The van der Waals surface area contributed by atoms with Crippen LogP contribution in [0, 0.1) is 0 Å². The molecule has 0 saturated heterocycles. The van der Waals surface area contributed by atoms with Gasteiger partial charge in [-0.3, -0.25) is 0 Å². The van der Waals surface area contributed by atoms with Gasteiger partial charge in [0.05, 0.1) is 22.7 Å². The summed E-state index contributed by atoms with van der Waals surface area (Å²) in [6, 6.07) is 3.36. The molecule has 21 heavy (non-hydrogen) atoms. The third-order valence-electron chi connectivity index (χ3n) is 3.65. The number of hydrogen-bond acceptors (Lipinski definition) is 3. The van der Waals surface area contributed by atoms with Gasteiger partial charge in [0.25, 0.3) is 0 Å². The number of aliphatic hydroxyl groups is 1. The minimum Gasteiger partial charge on any atom is -0.478 e. The van der Waals surface area contributed by atoms with Gasteiger partial charge in [-0.1, -0.05) is 6.07 Å². The Bertz CT molecular complexity index is 717. The quantitative estimate of drug-likeness (QED) is 0.893. The largest absolute Gasteiger partial charge is 0.478 e.